The number of allylic oxidation sites excluding steroid dienone is 6. The normalized spacial score (nSPS) is 22.3. The van der Waals surface area contributed by atoms with Crippen molar-refractivity contribution in [1.29, 1.82) is 0 Å². The second kappa shape index (κ2) is 10.2. The maximum absolute atomic E-state index is 2.61. The minimum atomic E-state index is -0.113. The minimum absolute atomic E-state index is 0.113. The Hall–Kier alpha value is -5.54. The molecular formula is C45H37N3. The summed E-state index contributed by atoms with van der Waals surface area (Å²) in [5, 5.41) is 2.56. The first-order valence-electron chi connectivity index (χ1n) is 17.2. The Balaban J connectivity index is 1.26. The average molecular weight is 620 g/mol. The van der Waals surface area contributed by atoms with Gasteiger partial charge in [0, 0.05) is 51.1 Å². The fraction of sp³-hybridized carbons (Fsp3) is 0.156. The fourth-order valence-electron chi connectivity index (χ4n) is 8.89. The summed E-state index contributed by atoms with van der Waals surface area (Å²) in [7, 11) is 0. The van der Waals surface area contributed by atoms with Crippen molar-refractivity contribution < 1.29 is 0 Å². The number of fused-ring (bicyclic) bond motifs is 8. The second-order valence-electron chi connectivity index (χ2n) is 14.1. The van der Waals surface area contributed by atoms with E-state index in [9.17, 15) is 0 Å². The molecule has 0 spiro atoms. The van der Waals surface area contributed by atoms with E-state index in [0.29, 0.717) is 5.92 Å². The molecule has 2 aliphatic carbocycles. The third kappa shape index (κ3) is 3.88. The number of hydrogen-bond donors (Lipinski definition) is 0. The Morgan fingerprint density at radius 1 is 0.688 bits per heavy atom. The van der Waals surface area contributed by atoms with Crippen molar-refractivity contribution in [2.45, 2.75) is 38.3 Å². The molecule has 6 aromatic rings. The zero-order valence-electron chi connectivity index (χ0n) is 27.3. The molecule has 2 aliphatic heterocycles. The third-order valence-corrected chi connectivity index (χ3v) is 11.2. The number of rotatable bonds is 3. The largest absolute Gasteiger partial charge is 0.340 e. The van der Waals surface area contributed by atoms with Gasteiger partial charge in [0.05, 0.1) is 22.8 Å². The fourth-order valence-corrected chi connectivity index (χ4v) is 8.89. The summed E-state index contributed by atoms with van der Waals surface area (Å²) in [4.78, 5) is 5.20. The summed E-state index contributed by atoms with van der Waals surface area (Å²) < 4.78 is 2.48. The number of nitrogens with zero attached hydrogens (tertiary/aromatic N) is 3. The SMILES string of the molecule is CC1C=CC2=C(C1)N(c1cc(N3c4ccccc4C4(C)C=CC=CC34)cc(-n3c4ccccc4c4ccccc43)c1)Cc1ccccc12. The highest BCUT2D eigenvalue weighted by Crippen LogP contribution is 2.52. The van der Waals surface area contributed by atoms with Crippen LogP contribution in [0.2, 0.25) is 0 Å². The van der Waals surface area contributed by atoms with Gasteiger partial charge in [0.1, 0.15) is 0 Å². The van der Waals surface area contributed by atoms with E-state index in [1.54, 1.807) is 0 Å². The van der Waals surface area contributed by atoms with Gasteiger partial charge in [-0.05, 0) is 72.4 Å². The van der Waals surface area contributed by atoms with Crippen LogP contribution in [0.4, 0.5) is 17.1 Å². The molecule has 0 bridgehead atoms. The average Bonchev–Trinajstić information content (AvgIpc) is 3.60. The molecule has 0 amide bonds. The van der Waals surface area contributed by atoms with Crippen molar-refractivity contribution in [3.63, 3.8) is 0 Å². The third-order valence-electron chi connectivity index (χ3n) is 11.2. The smallest absolute Gasteiger partial charge is 0.0655 e. The Morgan fingerprint density at radius 2 is 1.38 bits per heavy atom. The quantitative estimate of drug-likeness (QED) is 0.195. The van der Waals surface area contributed by atoms with Crippen LogP contribution < -0.4 is 9.80 Å². The molecule has 1 aromatic heterocycles. The summed E-state index contributed by atoms with van der Waals surface area (Å²) >= 11 is 0. The zero-order valence-corrected chi connectivity index (χ0v) is 27.3. The van der Waals surface area contributed by atoms with Crippen LogP contribution >= 0.6 is 0 Å². The van der Waals surface area contributed by atoms with Crippen LogP contribution in [0, 0.1) is 5.92 Å². The summed E-state index contributed by atoms with van der Waals surface area (Å²) in [6.45, 7) is 5.58. The molecule has 0 radical (unpaired) electrons. The number of anilines is 3. The van der Waals surface area contributed by atoms with E-state index in [2.05, 4.69) is 180 Å². The second-order valence-corrected chi connectivity index (χ2v) is 14.1. The Morgan fingerprint density at radius 3 is 2.21 bits per heavy atom. The Bertz CT molecular complexity index is 2370. The highest BCUT2D eigenvalue weighted by atomic mass is 15.2. The lowest BCUT2D eigenvalue weighted by Gasteiger charge is -2.39. The van der Waals surface area contributed by atoms with Crippen molar-refractivity contribution in [2.75, 3.05) is 9.80 Å². The molecule has 0 fully saturated rings. The molecule has 3 unspecified atom stereocenters. The number of aromatic nitrogens is 1. The topological polar surface area (TPSA) is 11.4 Å². The van der Waals surface area contributed by atoms with Gasteiger partial charge >= 0.3 is 0 Å². The van der Waals surface area contributed by atoms with Crippen LogP contribution in [0.3, 0.4) is 0 Å². The predicted molar refractivity (Wildman–Crippen MR) is 201 cm³/mol. The van der Waals surface area contributed by atoms with E-state index >= 15 is 0 Å². The Labute approximate surface area is 282 Å². The molecule has 48 heavy (non-hydrogen) atoms. The van der Waals surface area contributed by atoms with E-state index in [1.165, 1.54) is 72.5 Å². The number of para-hydroxylation sites is 3. The van der Waals surface area contributed by atoms with Gasteiger partial charge in [-0.25, -0.2) is 0 Å². The van der Waals surface area contributed by atoms with Crippen molar-refractivity contribution >= 4 is 44.4 Å². The van der Waals surface area contributed by atoms with Gasteiger partial charge in [0.2, 0.25) is 0 Å². The zero-order chi connectivity index (χ0) is 32.0. The van der Waals surface area contributed by atoms with Crippen LogP contribution in [-0.4, -0.2) is 10.6 Å². The molecule has 3 heteroatoms. The van der Waals surface area contributed by atoms with E-state index in [1.807, 2.05) is 0 Å². The van der Waals surface area contributed by atoms with Crippen LogP contribution in [0.5, 0.6) is 0 Å². The molecule has 232 valence electrons. The molecular weight excluding hydrogens is 583 g/mol. The first kappa shape index (κ1) is 27.6. The highest BCUT2D eigenvalue weighted by Gasteiger charge is 2.46. The Kier molecular flexibility index (Phi) is 5.87. The summed E-state index contributed by atoms with van der Waals surface area (Å²) in [6.07, 6.45) is 15.0. The lowest BCUT2D eigenvalue weighted by atomic mass is 9.76. The molecule has 4 aliphatic rings. The van der Waals surface area contributed by atoms with Crippen LogP contribution in [-0.2, 0) is 12.0 Å². The summed E-state index contributed by atoms with van der Waals surface area (Å²) in [5.41, 5.74) is 14.2. The van der Waals surface area contributed by atoms with Gasteiger partial charge in [-0.2, -0.15) is 0 Å². The van der Waals surface area contributed by atoms with Gasteiger partial charge in [0.25, 0.3) is 0 Å². The minimum Gasteiger partial charge on any atom is -0.340 e. The van der Waals surface area contributed by atoms with Crippen LogP contribution in [0.25, 0.3) is 33.1 Å². The standard InChI is InChI=1S/C45H37N3/c1-30-22-23-38-35-14-4-3-13-31(35)29-46(43(38)25-30)32-26-33(47-40-18-8-5-15-36(40)37-16-6-9-19-41(37)47)28-34(27-32)48-42-20-10-7-17-39(42)45(2)24-12-11-21-44(45)48/h3-24,26-28,30,44H,25,29H2,1-2H3. The van der Waals surface area contributed by atoms with Crippen LogP contribution in [0.1, 0.15) is 37.0 Å². The lowest BCUT2D eigenvalue weighted by molar-refractivity contribution is 0.550. The number of benzene rings is 5. The molecule has 3 nitrogen and oxygen atoms in total. The summed E-state index contributed by atoms with van der Waals surface area (Å²) in [6, 6.07) is 43.1. The van der Waals surface area contributed by atoms with Gasteiger partial charge in [-0.1, -0.05) is 122 Å². The molecule has 3 atom stereocenters. The molecule has 0 saturated carbocycles. The maximum atomic E-state index is 2.61. The van der Waals surface area contributed by atoms with E-state index < -0.39 is 0 Å². The van der Waals surface area contributed by atoms with Crippen molar-refractivity contribution in [3.8, 4) is 5.69 Å². The first-order chi connectivity index (χ1) is 23.6. The predicted octanol–water partition coefficient (Wildman–Crippen LogP) is 11.0. The van der Waals surface area contributed by atoms with Crippen molar-refractivity contribution in [1.82, 2.24) is 4.57 Å². The van der Waals surface area contributed by atoms with Gasteiger partial charge in [-0.15, -0.1) is 0 Å². The molecule has 0 saturated heterocycles. The molecule has 0 N–H and O–H groups in total. The van der Waals surface area contributed by atoms with Crippen molar-refractivity contribution in [2.24, 2.45) is 5.92 Å². The molecule has 3 heterocycles. The molecule has 5 aromatic carbocycles. The van der Waals surface area contributed by atoms with E-state index in [4.69, 9.17) is 0 Å². The van der Waals surface area contributed by atoms with E-state index in [-0.39, 0.29) is 11.5 Å². The lowest BCUT2D eigenvalue weighted by Crippen LogP contribution is -2.39. The first-order valence-corrected chi connectivity index (χ1v) is 17.2. The van der Waals surface area contributed by atoms with Gasteiger partial charge in [-0.3, -0.25) is 0 Å². The van der Waals surface area contributed by atoms with E-state index in [0.717, 1.165) is 13.0 Å². The van der Waals surface area contributed by atoms with Crippen LogP contribution in [0.15, 0.2) is 157 Å². The number of hydrogen-bond acceptors (Lipinski definition) is 2. The molecule has 10 rings (SSSR count). The maximum Gasteiger partial charge on any atom is 0.0655 e. The summed E-state index contributed by atoms with van der Waals surface area (Å²) in [5.74, 6) is 0.488. The van der Waals surface area contributed by atoms with Crippen molar-refractivity contribution in [3.05, 3.63) is 174 Å². The highest BCUT2D eigenvalue weighted by molar-refractivity contribution is 6.09. The van der Waals surface area contributed by atoms with Gasteiger partial charge in [0.15, 0.2) is 0 Å². The monoisotopic (exact) mass is 619 g/mol. The van der Waals surface area contributed by atoms with Gasteiger partial charge < -0.3 is 14.4 Å².